The monoisotopic (exact) mass is 275 g/mol. The molecule has 106 valence electrons. The second-order valence-electron chi connectivity index (χ2n) is 4.64. The summed E-state index contributed by atoms with van der Waals surface area (Å²) < 4.78 is 0. The fraction of sp³-hybridized carbons (Fsp3) is 0.200. The second kappa shape index (κ2) is 5.71. The van der Waals surface area contributed by atoms with Crippen molar-refractivity contribution in [1.82, 2.24) is 5.32 Å². The molecule has 0 bridgehead atoms. The highest BCUT2D eigenvalue weighted by molar-refractivity contribution is 5.53. The molecule has 5 N–H and O–H groups in total. The van der Waals surface area contributed by atoms with E-state index in [1.54, 1.807) is 18.2 Å². The molecule has 0 heterocycles. The van der Waals surface area contributed by atoms with Crippen LogP contribution in [-0.4, -0.2) is 20.4 Å². The number of aromatic hydroxyl groups is 4. The van der Waals surface area contributed by atoms with Crippen LogP contribution in [0, 0.1) is 0 Å². The summed E-state index contributed by atoms with van der Waals surface area (Å²) in [6, 6.07) is 9.71. The Balaban J connectivity index is 2.07. The molecular weight excluding hydrogens is 258 g/mol. The van der Waals surface area contributed by atoms with Gasteiger partial charge in [0.15, 0.2) is 11.5 Å². The summed E-state index contributed by atoms with van der Waals surface area (Å²) in [6.07, 6.45) is 0. The van der Waals surface area contributed by atoms with Gasteiger partial charge in [-0.2, -0.15) is 0 Å². The van der Waals surface area contributed by atoms with Gasteiger partial charge < -0.3 is 25.7 Å². The van der Waals surface area contributed by atoms with Gasteiger partial charge in [0, 0.05) is 18.2 Å². The fourth-order valence-corrected chi connectivity index (χ4v) is 1.93. The minimum atomic E-state index is -0.519. The lowest BCUT2D eigenvalue weighted by Gasteiger charge is -2.15. The largest absolute Gasteiger partial charge is 0.508 e. The standard InChI is InChI=1S/C15H17NO4/c1-9(10-3-2-4-12(17)7-10)16-8-11-5-6-13(18)15(20)14(11)19/h2-7,9,16-20H,8H2,1H3. The van der Waals surface area contributed by atoms with Crippen molar-refractivity contribution in [3.8, 4) is 23.0 Å². The molecule has 0 saturated carbocycles. The highest BCUT2D eigenvalue weighted by Crippen LogP contribution is 2.37. The molecule has 0 spiro atoms. The zero-order valence-electron chi connectivity index (χ0n) is 11.0. The maximum atomic E-state index is 9.72. The smallest absolute Gasteiger partial charge is 0.200 e. The molecule has 0 saturated heterocycles. The molecule has 5 heteroatoms. The van der Waals surface area contributed by atoms with Crippen molar-refractivity contribution >= 4 is 0 Å². The summed E-state index contributed by atoms with van der Waals surface area (Å²) in [5, 5.41) is 41.0. The number of nitrogens with one attached hydrogen (secondary N) is 1. The van der Waals surface area contributed by atoms with E-state index in [0.717, 1.165) is 5.56 Å². The maximum absolute atomic E-state index is 9.72. The third-order valence-electron chi connectivity index (χ3n) is 3.18. The van der Waals surface area contributed by atoms with Crippen molar-refractivity contribution in [3.63, 3.8) is 0 Å². The van der Waals surface area contributed by atoms with Gasteiger partial charge in [0.05, 0.1) is 0 Å². The second-order valence-corrected chi connectivity index (χ2v) is 4.64. The molecule has 0 radical (unpaired) electrons. The molecule has 0 aliphatic rings. The predicted octanol–water partition coefficient (Wildman–Crippen LogP) is 2.36. The lowest BCUT2D eigenvalue weighted by Crippen LogP contribution is -2.18. The van der Waals surface area contributed by atoms with Gasteiger partial charge in [-0.3, -0.25) is 0 Å². The summed E-state index contributed by atoms with van der Waals surface area (Å²) in [6.45, 7) is 2.24. The van der Waals surface area contributed by atoms with Crippen LogP contribution in [0.1, 0.15) is 24.1 Å². The van der Waals surface area contributed by atoms with Crippen LogP contribution in [-0.2, 0) is 6.54 Å². The van der Waals surface area contributed by atoms with E-state index < -0.39 is 5.75 Å². The number of phenolic OH excluding ortho intramolecular Hbond substituents is 4. The number of hydrogen-bond acceptors (Lipinski definition) is 5. The van der Waals surface area contributed by atoms with Gasteiger partial charge in [-0.1, -0.05) is 18.2 Å². The summed E-state index contributed by atoms with van der Waals surface area (Å²) in [5.74, 6) is -1.01. The van der Waals surface area contributed by atoms with Gasteiger partial charge in [0.1, 0.15) is 5.75 Å². The van der Waals surface area contributed by atoms with Crippen LogP contribution in [0.5, 0.6) is 23.0 Å². The van der Waals surface area contributed by atoms with Crippen LogP contribution in [0.25, 0.3) is 0 Å². The Morgan fingerprint density at radius 1 is 1.00 bits per heavy atom. The van der Waals surface area contributed by atoms with E-state index in [1.807, 2.05) is 13.0 Å². The maximum Gasteiger partial charge on any atom is 0.200 e. The van der Waals surface area contributed by atoms with Crippen molar-refractivity contribution in [1.29, 1.82) is 0 Å². The van der Waals surface area contributed by atoms with Gasteiger partial charge in [-0.25, -0.2) is 0 Å². The van der Waals surface area contributed by atoms with Crippen molar-refractivity contribution in [2.75, 3.05) is 0 Å². The Morgan fingerprint density at radius 3 is 2.45 bits per heavy atom. The zero-order chi connectivity index (χ0) is 14.7. The molecule has 2 rings (SSSR count). The van der Waals surface area contributed by atoms with Crippen LogP contribution < -0.4 is 5.32 Å². The van der Waals surface area contributed by atoms with Gasteiger partial charge in [-0.15, -0.1) is 0 Å². The molecule has 0 amide bonds. The number of hydrogen-bond donors (Lipinski definition) is 5. The third kappa shape index (κ3) is 2.95. The fourth-order valence-electron chi connectivity index (χ4n) is 1.93. The summed E-state index contributed by atoms with van der Waals surface area (Å²) >= 11 is 0. The van der Waals surface area contributed by atoms with Crippen LogP contribution in [0.4, 0.5) is 0 Å². The van der Waals surface area contributed by atoms with E-state index in [4.69, 9.17) is 0 Å². The predicted molar refractivity (Wildman–Crippen MR) is 74.8 cm³/mol. The molecule has 0 aliphatic carbocycles. The number of phenols is 4. The van der Waals surface area contributed by atoms with E-state index in [-0.39, 0.29) is 23.3 Å². The molecule has 0 aromatic heterocycles. The highest BCUT2D eigenvalue weighted by Gasteiger charge is 2.12. The lowest BCUT2D eigenvalue weighted by molar-refractivity contribution is 0.363. The Hall–Kier alpha value is -2.40. The van der Waals surface area contributed by atoms with E-state index in [1.165, 1.54) is 12.1 Å². The van der Waals surface area contributed by atoms with Gasteiger partial charge in [-0.05, 0) is 30.7 Å². The zero-order valence-corrected chi connectivity index (χ0v) is 11.0. The molecule has 5 nitrogen and oxygen atoms in total. The van der Waals surface area contributed by atoms with Gasteiger partial charge >= 0.3 is 0 Å². The molecule has 20 heavy (non-hydrogen) atoms. The quantitative estimate of drug-likeness (QED) is 0.552. The van der Waals surface area contributed by atoms with Crippen molar-refractivity contribution in [2.45, 2.75) is 19.5 Å². The van der Waals surface area contributed by atoms with Crippen LogP contribution >= 0.6 is 0 Å². The molecule has 2 aromatic carbocycles. The molecule has 2 aromatic rings. The van der Waals surface area contributed by atoms with E-state index in [2.05, 4.69) is 5.32 Å². The highest BCUT2D eigenvalue weighted by atomic mass is 16.3. The Morgan fingerprint density at radius 2 is 1.75 bits per heavy atom. The molecular formula is C15H17NO4. The van der Waals surface area contributed by atoms with Crippen LogP contribution in [0.2, 0.25) is 0 Å². The summed E-state index contributed by atoms with van der Waals surface area (Å²) in [4.78, 5) is 0. The first-order valence-electron chi connectivity index (χ1n) is 6.24. The van der Waals surface area contributed by atoms with Crippen molar-refractivity contribution in [3.05, 3.63) is 47.5 Å². The molecule has 1 unspecified atom stereocenters. The van der Waals surface area contributed by atoms with E-state index >= 15 is 0 Å². The van der Waals surface area contributed by atoms with Crippen molar-refractivity contribution < 1.29 is 20.4 Å². The Bertz CT molecular complexity index is 613. The molecule has 1 atom stereocenters. The summed E-state index contributed by atoms with van der Waals surface area (Å²) in [5.41, 5.74) is 1.39. The topological polar surface area (TPSA) is 93.0 Å². The Labute approximate surface area is 116 Å². The minimum absolute atomic E-state index is 0.0440. The molecule has 0 aliphatic heterocycles. The van der Waals surface area contributed by atoms with Gasteiger partial charge in [0.2, 0.25) is 5.75 Å². The first-order chi connectivity index (χ1) is 9.49. The molecule has 0 fully saturated rings. The minimum Gasteiger partial charge on any atom is -0.508 e. The average Bonchev–Trinajstić information content (AvgIpc) is 2.44. The first kappa shape index (κ1) is 14.0. The van der Waals surface area contributed by atoms with E-state index in [9.17, 15) is 20.4 Å². The lowest BCUT2D eigenvalue weighted by atomic mass is 10.1. The van der Waals surface area contributed by atoms with Gasteiger partial charge in [0.25, 0.3) is 0 Å². The first-order valence-corrected chi connectivity index (χ1v) is 6.24. The van der Waals surface area contributed by atoms with Crippen LogP contribution in [0.15, 0.2) is 36.4 Å². The Kier molecular flexibility index (Phi) is 4.00. The number of rotatable bonds is 4. The average molecular weight is 275 g/mol. The van der Waals surface area contributed by atoms with E-state index in [0.29, 0.717) is 12.1 Å². The van der Waals surface area contributed by atoms with Crippen molar-refractivity contribution in [2.24, 2.45) is 0 Å². The normalized spacial score (nSPS) is 12.2. The third-order valence-corrected chi connectivity index (χ3v) is 3.18. The summed E-state index contributed by atoms with van der Waals surface area (Å²) in [7, 11) is 0. The van der Waals surface area contributed by atoms with Crippen LogP contribution in [0.3, 0.4) is 0 Å². The SMILES string of the molecule is CC(NCc1ccc(O)c(O)c1O)c1cccc(O)c1. The number of benzene rings is 2.